The van der Waals surface area contributed by atoms with Crippen LogP contribution >= 0.6 is 0 Å². The second kappa shape index (κ2) is 10.8. The lowest BCUT2D eigenvalue weighted by Gasteiger charge is -2.29. The third kappa shape index (κ3) is 5.35. The SMILES string of the molecule is COc1cc(OC)cc(-c2nc3ccc(N4CCN=CCC4C)cc3c(=O)n2CC(=O)NC(C)C)c1. The minimum absolute atomic E-state index is 0.0553. The van der Waals surface area contributed by atoms with Crippen LogP contribution in [0.5, 0.6) is 11.5 Å². The maximum Gasteiger partial charge on any atom is 0.262 e. The number of methoxy groups -OCH3 is 2. The quantitative estimate of drug-likeness (QED) is 0.545. The van der Waals surface area contributed by atoms with Crippen molar-refractivity contribution in [2.75, 3.05) is 32.2 Å². The molecule has 36 heavy (non-hydrogen) atoms. The fourth-order valence-electron chi connectivity index (χ4n) is 4.42. The molecule has 1 amide bonds. The lowest BCUT2D eigenvalue weighted by atomic mass is 10.1. The first kappa shape index (κ1) is 25.2. The fourth-order valence-corrected chi connectivity index (χ4v) is 4.42. The molecule has 9 heteroatoms. The van der Waals surface area contributed by atoms with Crippen molar-refractivity contribution in [2.45, 2.75) is 45.8 Å². The van der Waals surface area contributed by atoms with Crippen LogP contribution in [0.25, 0.3) is 22.3 Å². The summed E-state index contributed by atoms with van der Waals surface area (Å²) >= 11 is 0. The Balaban J connectivity index is 1.89. The summed E-state index contributed by atoms with van der Waals surface area (Å²) in [5.41, 5.74) is 1.83. The molecule has 0 saturated carbocycles. The van der Waals surface area contributed by atoms with Crippen molar-refractivity contribution in [3.05, 3.63) is 46.8 Å². The molecule has 0 radical (unpaired) electrons. The van der Waals surface area contributed by atoms with E-state index in [4.69, 9.17) is 14.5 Å². The number of carbonyl (C=O) groups is 1. The van der Waals surface area contributed by atoms with E-state index in [1.807, 2.05) is 38.3 Å². The molecule has 0 bridgehead atoms. The normalized spacial score (nSPS) is 15.7. The summed E-state index contributed by atoms with van der Waals surface area (Å²) in [6.45, 7) is 7.22. The van der Waals surface area contributed by atoms with Crippen LogP contribution < -0.4 is 25.2 Å². The number of hydrogen-bond donors (Lipinski definition) is 1. The van der Waals surface area contributed by atoms with E-state index in [9.17, 15) is 9.59 Å². The molecule has 3 aromatic rings. The Morgan fingerprint density at radius 2 is 1.86 bits per heavy atom. The first-order chi connectivity index (χ1) is 17.3. The molecule has 1 atom stereocenters. The van der Waals surface area contributed by atoms with Gasteiger partial charge in [0.1, 0.15) is 23.9 Å². The van der Waals surface area contributed by atoms with Crippen LogP contribution in [0.15, 0.2) is 46.2 Å². The van der Waals surface area contributed by atoms with Gasteiger partial charge in [0.15, 0.2) is 0 Å². The van der Waals surface area contributed by atoms with Gasteiger partial charge < -0.3 is 19.7 Å². The van der Waals surface area contributed by atoms with Crippen LogP contribution in [0.3, 0.4) is 0 Å². The minimum atomic E-state index is -0.281. The van der Waals surface area contributed by atoms with Gasteiger partial charge in [0.25, 0.3) is 5.56 Å². The Morgan fingerprint density at radius 1 is 1.14 bits per heavy atom. The van der Waals surface area contributed by atoms with Gasteiger partial charge >= 0.3 is 0 Å². The van der Waals surface area contributed by atoms with Gasteiger partial charge in [0.05, 0.1) is 31.7 Å². The van der Waals surface area contributed by atoms with E-state index < -0.39 is 0 Å². The van der Waals surface area contributed by atoms with E-state index in [0.717, 1.165) is 18.7 Å². The standard InChI is InChI=1S/C27H33N5O4/c1-17(2)29-25(33)16-32-26(19-12-21(35-4)15-22(13-19)36-5)30-24-7-6-20(14-23(24)27(32)34)31-11-10-28-9-8-18(31)3/h6-7,9,12-15,17-18H,8,10-11,16H2,1-5H3,(H,29,33). The Labute approximate surface area is 210 Å². The molecule has 0 spiro atoms. The van der Waals surface area contributed by atoms with Crippen molar-refractivity contribution in [2.24, 2.45) is 4.99 Å². The van der Waals surface area contributed by atoms with Gasteiger partial charge in [-0.1, -0.05) is 0 Å². The number of nitrogens with zero attached hydrogens (tertiary/aromatic N) is 4. The van der Waals surface area contributed by atoms with Gasteiger partial charge in [0.2, 0.25) is 5.91 Å². The minimum Gasteiger partial charge on any atom is -0.497 e. The third-order valence-corrected chi connectivity index (χ3v) is 6.21. The molecule has 0 aliphatic carbocycles. The summed E-state index contributed by atoms with van der Waals surface area (Å²) in [6.07, 6.45) is 2.80. The number of nitrogens with one attached hydrogen (secondary N) is 1. The predicted molar refractivity (Wildman–Crippen MR) is 143 cm³/mol. The Hall–Kier alpha value is -3.88. The highest BCUT2D eigenvalue weighted by molar-refractivity contribution is 5.85. The van der Waals surface area contributed by atoms with Crippen LogP contribution in [0.2, 0.25) is 0 Å². The van der Waals surface area contributed by atoms with Crippen molar-refractivity contribution < 1.29 is 14.3 Å². The van der Waals surface area contributed by atoms with Gasteiger partial charge in [-0.25, -0.2) is 4.98 Å². The van der Waals surface area contributed by atoms with E-state index in [1.165, 1.54) is 4.57 Å². The molecule has 1 aliphatic rings. The van der Waals surface area contributed by atoms with Crippen LogP contribution in [-0.4, -0.2) is 61.1 Å². The van der Waals surface area contributed by atoms with Crippen LogP contribution in [-0.2, 0) is 11.3 Å². The van der Waals surface area contributed by atoms with E-state index >= 15 is 0 Å². The lowest BCUT2D eigenvalue weighted by molar-refractivity contribution is -0.122. The van der Waals surface area contributed by atoms with Gasteiger partial charge in [-0.15, -0.1) is 0 Å². The number of rotatable bonds is 7. The number of amides is 1. The van der Waals surface area contributed by atoms with Crippen molar-refractivity contribution >= 4 is 28.7 Å². The van der Waals surface area contributed by atoms with Crippen molar-refractivity contribution in [1.82, 2.24) is 14.9 Å². The summed E-state index contributed by atoms with van der Waals surface area (Å²) in [6, 6.07) is 11.2. The van der Waals surface area contributed by atoms with E-state index in [2.05, 4.69) is 22.1 Å². The molecule has 1 unspecified atom stereocenters. The monoisotopic (exact) mass is 491 g/mol. The molecule has 0 fully saturated rings. The average molecular weight is 492 g/mol. The number of anilines is 1. The van der Waals surface area contributed by atoms with Crippen LogP contribution in [0, 0.1) is 0 Å². The Bertz CT molecular complexity index is 1330. The number of ether oxygens (including phenoxy) is 2. The van der Waals surface area contributed by atoms with E-state index in [-0.39, 0.29) is 30.1 Å². The molecular weight excluding hydrogens is 458 g/mol. The molecule has 4 rings (SSSR count). The zero-order chi connectivity index (χ0) is 25.8. The zero-order valence-electron chi connectivity index (χ0n) is 21.4. The topological polar surface area (TPSA) is 98.1 Å². The number of benzene rings is 2. The largest absolute Gasteiger partial charge is 0.497 e. The van der Waals surface area contributed by atoms with Crippen molar-refractivity contribution in [3.8, 4) is 22.9 Å². The molecule has 0 saturated heterocycles. The number of aromatic nitrogens is 2. The van der Waals surface area contributed by atoms with Gasteiger partial charge in [-0.3, -0.25) is 19.1 Å². The summed E-state index contributed by atoms with van der Waals surface area (Å²) in [5, 5.41) is 3.33. The maximum atomic E-state index is 13.9. The van der Waals surface area contributed by atoms with Crippen LogP contribution in [0.1, 0.15) is 27.2 Å². The Morgan fingerprint density at radius 3 is 2.53 bits per heavy atom. The molecule has 190 valence electrons. The van der Waals surface area contributed by atoms with E-state index in [0.29, 0.717) is 40.3 Å². The highest BCUT2D eigenvalue weighted by atomic mass is 16.5. The van der Waals surface area contributed by atoms with Gasteiger partial charge in [0, 0.05) is 48.6 Å². The fraction of sp³-hybridized carbons (Fsp3) is 0.407. The highest BCUT2D eigenvalue weighted by Gasteiger charge is 2.20. The molecule has 1 N–H and O–H groups in total. The molecule has 1 aromatic heterocycles. The highest BCUT2D eigenvalue weighted by Crippen LogP contribution is 2.30. The number of carbonyl (C=O) groups excluding carboxylic acids is 1. The first-order valence-corrected chi connectivity index (χ1v) is 12.1. The van der Waals surface area contributed by atoms with Crippen LogP contribution in [0.4, 0.5) is 5.69 Å². The van der Waals surface area contributed by atoms with Gasteiger partial charge in [-0.2, -0.15) is 0 Å². The first-order valence-electron chi connectivity index (χ1n) is 12.1. The molecule has 2 heterocycles. The molecular formula is C27H33N5O4. The summed E-state index contributed by atoms with van der Waals surface area (Å²) < 4.78 is 12.3. The third-order valence-electron chi connectivity index (χ3n) is 6.21. The van der Waals surface area contributed by atoms with Gasteiger partial charge in [-0.05, 0) is 51.1 Å². The lowest BCUT2D eigenvalue weighted by Crippen LogP contribution is -2.37. The molecule has 2 aromatic carbocycles. The van der Waals surface area contributed by atoms with Crippen molar-refractivity contribution in [1.29, 1.82) is 0 Å². The van der Waals surface area contributed by atoms with E-state index in [1.54, 1.807) is 32.4 Å². The summed E-state index contributed by atoms with van der Waals surface area (Å²) in [7, 11) is 3.12. The smallest absolute Gasteiger partial charge is 0.262 e. The second-order valence-electron chi connectivity index (χ2n) is 9.22. The molecule has 9 nitrogen and oxygen atoms in total. The Kier molecular flexibility index (Phi) is 7.57. The maximum absolute atomic E-state index is 13.9. The number of fused-ring (bicyclic) bond motifs is 1. The second-order valence-corrected chi connectivity index (χ2v) is 9.22. The predicted octanol–water partition coefficient (Wildman–Crippen LogP) is 3.27. The number of hydrogen-bond acceptors (Lipinski definition) is 7. The summed E-state index contributed by atoms with van der Waals surface area (Å²) in [4.78, 5) is 38.1. The van der Waals surface area contributed by atoms with Crippen molar-refractivity contribution in [3.63, 3.8) is 0 Å². The molecule has 1 aliphatic heterocycles. The average Bonchev–Trinajstić information content (AvgIpc) is 3.08. The summed E-state index contributed by atoms with van der Waals surface area (Å²) in [5.74, 6) is 1.22. The zero-order valence-corrected chi connectivity index (χ0v) is 21.4. The number of aliphatic imine (C=N–C) groups is 1.